The van der Waals surface area contributed by atoms with Gasteiger partial charge in [-0.2, -0.15) is 0 Å². The Morgan fingerprint density at radius 3 is 2.73 bits per heavy atom. The fourth-order valence-electron chi connectivity index (χ4n) is 1.92. The van der Waals surface area contributed by atoms with Gasteiger partial charge in [0.2, 0.25) is 0 Å². The molecule has 1 saturated carbocycles. The molecule has 0 N–H and O–H groups in total. The molecule has 15 heavy (non-hydrogen) atoms. The quantitative estimate of drug-likeness (QED) is 0.739. The van der Waals surface area contributed by atoms with E-state index in [4.69, 9.17) is 4.42 Å². The van der Waals surface area contributed by atoms with Crippen LogP contribution in [0.1, 0.15) is 24.3 Å². The molecule has 76 valence electrons. The van der Waals surface area contributed by atoms with Gasteiger partial charge in [0, 0.05) is 5.39 Å². The maximum Gasteiger partial charge on any atom is 0.350 e. The van der Waals surface area contributed by atoms with E-state index in [1.165, 1.54) is 12.8 Å². The number of rotatable bonds is 1. The molecule has 0 unspecified atom stereocenters. The molecule has 0 aliphatic heterocycles. The summed E-state index contributed by atoms with van der Waals surface area (Å²) in [5, 5.41) is 1.06. The minimum atomic E-state index is -0.268. The van der Waals surface area contributed by atoms with Gasteiger partial charge in [0.05, 0.1) is 0 Å². The van der Waals surface area contributed by atoms with E-state index in [1.54, 1.807) is 0 Å². The Labute approximate surface area is 95.0 Å². The summed E-state index contributed by atoms with van der Waals surface area (Å²) < 4.78 is 5.81. The van der Waals surface area contributed by atoms with Crippen LogP contribution in [0.5, 0.6) is 0 Å². The van der Waals surface area contributed by atoms with Gasteiger partial charge < -0.3 is 4.42 Å². The first-order valence-corrected chi connectivity index (χ1v) is 5.78. The zero-order valence-corrected chi connectivity index (χ0v) is 9.58. The van der Waals surface area contributed by atoms with Gasteiger partial charge in [-0.1, -0.05) is 18.2 Å². The largest absolute Gasteiger partial charge is 0.422 e. The maximum atomic E-state index is 11.6. The van der Waals surface area contributed by atoms with E-state index >= 15 is 0 Å². The van der Waals surface area contributed by atoms with Crippen molar-refractivity contribution in [2.24, 2.45) is 0 Å². The van der Waals surface area contributed by atoms with E-state index in [0.717, 1.165) is 10.9 Å². The summed E-state index contributed by atoms with van der Waals surface area (Å²) in [6.45, 7) is 0. The molecule has 0 radical (unpaired) electrons. The Balaban J connectivity index is 2.46. The van der Waals surface area contributed by atoms with Crippen LogP contribution in [0.15, 0.2) is 37.9 Å². The van der Waals surface area contributed by atoms with Gasteiger partial charge in [-0.25, -0.2) is 4.79 Å². The highest BCUT2D eigenvalue weighted by atomic mass is 79.9. The highest BCUT2D eigenvalue weighted by Gasteiger charge is 2.29. The first kappa shape index (κ1) is 9.16. The molecular formula is C12H9BrO2. The second-order valence-electron chi connectivity index (χ2n) is 3.89. The average Bonchev–Trinajstić information content (AvgIpc) is 3.04. The van der Waals surface area contributed by atoms with E-state index in [1.807, 2.05) is 24.3 Å². The third-order valence-electron chi connectivity index (χ3n) is 2.78. The molecular weight excluding hydrogens is 256 g/mol. The van der Waals surface area contributed by atoms with Gasteiger partial charge in [-0.3, -0.25) is 0 Å². The number of para-hydroxylation sites is 1. The van der Waals surface area contributed by atoms with Crippen molar-refractivity contribution in [2.45, 2.75) is 18.8 Å². The molecule has 1 heterocycles. The SMILES string of the molecule is O=c1oc2ccccc2c(C2CC2)c1Br. The Hall–Kier alpha value is -1.09. The van der Waals surface area contributed by atoms with Crippen molar-refractivity contribution in [2.75, 3.05) is 0 Å². The van der Waals surface area contributed by atoms with Crippen LogP contribution in [-0.4, -0.2) is 0 Å². The zero-order valence-electron chi connectivity index (χ0n) is 8.00. The summed E-state index contributed by atoms with van der Waals surface area (Å²) in [6, 6.07) is 7.71. The Morgan fingerprint density at radius 2 is 2.00 bits per heavy atom. The molecule has 3 heteroatoms. The third kappa shape index (κ3) is 1.42. The fraction of sp³-hybridized carbons (Fsp3) is 0.250. The van der Waals surface area contributed by atoms with Crippen LogP contribution >= 0.6 is 15.9 Å². The second kappa shape index (κ2) is 3.20. The predicted octanol–water partition coefficient (Wildman–Crippen LogP) is 3.43. The highest BCUT2D eigenvalue weighted by Crippen LogP contribution is 2.45. The normalized spacial score (nSPS) is 15.8. The van der Waals surface area contributed by atoms with Crippen LogP contribution in [0.25, 0.3) is 11.0 Å². The number of fused-ring (bicyclic) bond motifs is 1. The van der Waals surface area contributed by atoms with Crippen molar-refractivity contribution in [3.05, 3.63) is 44.7 Å². The molecule has 1 aliphatic carbocycles. The van der Waals surface area contributed by atoms with E-state index in [9.17, 15) is 4.79 Å². The van der Waals surface area contributed by atoms with Crippen LogP contribution in [-0.2, 0) is 0 Å². The summed E-state index contributed by atoms with van der Waals surface area (Å²) in [4.78, 5) is 11.6. The number of hydrogen-bond donors (Lipinski definition) is 0. The van der Waals surface area contributed by atoms with Crippen molar-refractivity contribution < 1.29 is 4.42 Å². The number of hydrogen-bond acceptors (Lipinski definition) is 2. The molecule has 0 atom stereocenters. The molecule has 1 aromatic heterocycles. The van der Waals surface area contributed by atoms with Gasteiger partial charge in [0.1, 0.15) is 10.1 Å². The molecule has 1 fully saturated rings. The lowest BCUT2D eigenvalue weighted by atomic mass is 10.1. The Kier molecular flexibility index (Phi) is 1.96. The molecule has 1 aliphatic rings. The molecule has 2 nitrogen and oxygen atoms in total. The topological polar surface area (TPSA) is 30.2 Å². The van der Waals surface area contributed by atoms with Crippen LogP contribution in [0.4, 0.5) is 0 Å². The van der Waals surface area contributed by atoms with Crippen molar-refractivity contribution in [1.82, 2.24) is 0 Å². The van der Waals surface area contributed by atoms with Crippen molar-refractivity contribution >= 4 is 26.9 Å². The summed E-state index contributed by atoms with van der Waals surface area (Å²) in [5.74, 6) is 0.536. The number of halogens is 1. The first-order chi connectivity index (χ1) is 7.27. The standard InChI is InChI=1S/C12H9BrO2/c13-11-10(7-5-6-7)8-3-1-2-4-9(8)15-12(11)14/h1-4,7H,5-6H2. The van der Waals surface area contributed by atoms with E-state index in [0.29, 0.717) is 16.0 Å². The minimum Gasteiger partial charge on any atom is -0.422 e. The van der Waals surface area contributed by atoms with Crippen LogP contribution in [0, 0.1) is 0 Å². The van der Waals surface area contributed by atoms with Gasteiger partial charge in [-0.05, 0) is 46.3 Å². The third-order valence-corrected chi connectivity index (χ3v) is 3.53. The molecule has 0 saturated heterocycles. The molecule has 0 spiro atoms. The highest BCUT2D eigenvalue weighted by molar-refractivity contribution is 9.10. The molecule has 1 aromatic carbocycles. The van der Waals surface area contributed by atoms with Crippen LogP contribution < -0.4 is 5.63 Å². The van der Waals surface area contributed by atoms with E-state index in [-0.39, 0.29) is 5.63 Å². The van der Waals surface area contributed by atoms with Crippen LogP contribution in [0.2, 0.25) is 0 Å². The first-order valence-electron chi connectivity index (χ1n) is 4.98. The molecule has 3 rings (SSSR count). The van der Waals surface area contributed by atoms with Crippen molar-refractivity contribution in [1.29, 1.82) is 0 Å². The van der Waals surface area contributed by atoms with Gasteiger partial charge in [-0.15, -0.1) is 0 Å². The zero-order chi connectivity index (χ0) is 10.4. The Morgan fingerprint density at radius 1 is 1.27 bits per heavy atom. The smallest absolute Gasteiger partial charge is 0.350 e. The van der Waals surface area contributed by atoms with E-state index in [2.05, 4.69) is 15.9 Å². The summed E-state index contributed by atoms with van der Waals surface area (Å²) in [7, 11) is 0. The second-order valence-corrected chi connectivity index (χ2v) is 4.68. The fourth-order valence-corrected chi connectivity index (χ4v) is 2.54. The number of benzene rings is 1. The lowest BCUT2D eigenvalue weighted by molar-refractivity contribution is 0.554. The maximum absolute atomic E-state index is 11.6. The predicted molar refractivity (Wildman–Crippen MR) is 62.2 cm³/mol. The van der Waals surface area contributed by atoms with Crippen molar-refractivity contribution in [3.63, 3.8) is 0 Å². The summed E-state index contributed by atoms with van der Waals surface area (Å²) in [6.07, 6.45) is 2.35. The van der Waals surface area contributed by atoms with Gasteiger partial charge in [0.15, 0.2) is 0 Å². The lowest BCUT2D eigenvalue weighted by Crippen LogP contribution is -2.03. The van der Waals surface area contributed by atoms with Crippen LogP contribution in [0.3, 0.4) is 0 Å². The summed E-state index contributed by atoms with van der Waals surface area (Å²) in [5.41, 5.74) is 1.55. The van der Waals surface area contributed by atoms with Gasteiger partial charge in [0.25, 0.3) is 0 Å². The average molecular weight is 265 g/mol. The van der Waals surface area contributed by atoms with Crippen molar-refractivity contribution in [3.8, 4) is 0 Å². The van der Waals surface area contributed by atoms with Gasteiger partial charge >= 0.3 is 5.63 Å². The monoisotopic (exact) mass is 264 g/mol. The lowest BCUT2D eigenvalue weighted by Gasteiger charge is -2.05. The Bertz CT molecular complexity index is 582. The summed E-state index contributed by atoms with van der Waals surface area (Å²) >= 11 is 3.34. The minimum absolute atomic E-state index is 0.268. The molecule has 0 amide bonds. The molecule has 0 bridgehead atoms. The molecule has 2 aromatic rings. The van der Waals surface area contributed by atoms with E-state index < -0.39 is 0 Å².